The van der Waals surface area contributed by atoms with Crippen LogP contribution in [-0.2, 0) is 23.0 Å². The third kappa shape index (κ3) is 4.60. The zero-order chi connectivity index (χ0) is 14.5. The monoisotopic (exact) mass is 284 g/mol. The van der Waals surface area contributed by atoms with E-state index < -0.39 is 10.0 Å². The van der Waals surface area contributed by atoms with Crippen LogP contribution in [0.1, 0.15) is 38.3 Å². The van der Waals surface area contributed by atoms with Crippen LogP contribution in [0.3, 0.4) is 0 Å². The molecule has 0 aliphatic rings. The summed E-state index contributed by atoms with van der Waals surface area (Å²) in [7, 11) is -3.44. The highest BCUT2D eigenvalue weighted by Crippen LogP contribution is 2.18. The summed E-state index contributed by atoms with van der Waals surface area (Å²) in [6, 6.07) is 5.40. The molecular formula is C14H24N2O2S. The lowest BCUT2D eigenvalue weighted by Gasteiger charge is -2.12. The van der Waals surface area contributed by atoms with Gasteiger partial charge in [-0.3, -0.25) is 0 Å². The van der Waals surface area contributed by atoms with Crippen LogP contribution in [0.5, 0.6) is 0 Å². The fraction of sp³-hybridized carbons (Fsp3) is 0.571. The molecule has 0 spiro atoms. The molecule has 0 aliphatic heterocycles. The third-order valence-corrected chi connectivity index (χ3v) is 4.59. The molecule has 108 valence electrons. The Labute approximate surface area is 116 Å². The van der Waals surface area contributed by atoms with Crippen molar-refractivity contribution < 1.29 is 8.42 Å². The zero-order valence-corrected chi connectivity index (χ0v) is 12.8. The van der Waals surface area contributed by atoms with E-state index in [0.717, 1.165) is 17.5 Å². The summed E-state index contributed by atoms with van der Waals surface area (Å²) in [6.07, 6.45) is 1.52. The molecule has 19 heavy (non-hydrogen) atoms. The fourth-order valence-corrected chi connectivity index (χ4v) is 3.23. The molecule has 0 heterocycles. The van der Waals surface area contributed by atoms with Crippen LogP contribution in [0.2, 0.25) is 0 Å². The molecule has 0 saturated carbocycles. The lowest BCUT2D eigenvalue weighted by molar-refractivity contribution is 0.551. The van der Waals surface area contributed by atoms with Gasteiger partial charge in [-0.1, -0.05) is 32.9 Å². The van der Waals surface area contributed by atoms with Crippen LogP contribution < -0.4 is 10.5 Å². The zero-order valence-electron chi connectivity index (χ0n) is 11.9. The van der Waals surface area contributed by atoms with Gasteiger partial charge in [0.25, 0.3) is 0 Å². The van der Waals surface area contributed by atoms with Gasteiger partial charge in [-0.2, -0.15) is 0 Å². The number of rotatable bonds is 7. The van der Waals surface area contributed by atoms with Gasteiger partial charge >= 0.3 is 0 Å². The van der Waals surface area contributed by atoms with Gasteiger partial charge in [-0.25, -0.2) is 13.1 Å². The normalized spacial score (nSPS) is 12.1. The lowest BCUT2D eigenvalue weighted by Crippen LogP contribution is -2.26. The molecule has 0 bridgehead atoms. The largest absolute Gasteiger partial charge is 0.326 e. The molecular weight excluding hydrogens is 260 g/mol. The molecule has 0 radical (unpaired) electrons. The van der Waals surface area contributed by atoms with Crippen molar-refractivity contribution in [3.8, 4) is 0 Å². The van der Waals surface area contributed by atoms with E-state index in [1.807, 2.05) is 19.1 Å². The van der Waals surface area contributed by atoms with Crippen molar-refractivity contribution in [1.82, 2.24) is 4.72 Å². The van der Waals surface area contributed by atoms with Crippen LogP contribution in [0.4, 0.5) is 0 Å². The Morgan fingerprint density at radius 3 is 2.53 bits per heavy atom. The van der Waals surface area contributed by atoms with Crippen molar-refractivity contribution >= 4 is 10.0 Å². The first-order valence-corrected chi connectivity index (χ1v) is 8.20. The minimum atomic E-state index is -3.44. The molecule has 0 fully saturated rings. The first-order chi connectivity index (χ1) is 8.90. The number of sulfonamides is 1. The van der Waals surface area contributed by atoms with E-state index in [0.29, 0.717) is 30.3 Å². The number of benzene rings is 1. The maximum absolute atomic E-state index is 12.3. The Balaban J connectivity index is 2.98. The Morgan fingerprint density at radius 1 is 1.32 bits per heavy atom. The van der Waals surface area contributed by atoms with E-state index in [9.17, 15) is 8.42 Å². The van der Waals surface area contributed by atoms with Gasteiger partial charge in [0.1, 0.15) is 0 Å². The van der Waals surface area contributed by atoms with Gasteiger partial charge in [0, 0.05) is 13.1 Å². The van der Waals surface area contributed by atoms with Crippen molar-refractivity contribution in [3.05, 3.63) is 29.3 Å². The molecule has 0 aliphatic carbocycles. The van der Waals surface area contributed by atoms with Gasteiger partial charge in [-0.15, -0.1) is 0 Å². The molecule has 1 aromatic rings. The second kappa shape index (κ2) is 7.03. The first kappa shape index (κ1) is 16.1. The second-order valence-electron chi connectivity index (χ2n) is 5.08. The molecule has 5 heteroatoms. The van der Waals surface area contributed by atoms with E-state index in [1.54, 1.807) is 6.07 Å². The smallest absolute Gasteiger partial charge is 0.240 e. The van der Waals surface area contributed by atoms with Crippen LogP contribution in [0.25, 0.3) is 0 Å². The van der Waals surface area contributed by atoms with E-state index in [2.05, 4.69) is 18.6 Å². The summed E-state index contributed by atoms with van der Waals surface area (Å²) in [6.45, 7) is 6.90. The van der Waals surface area contributed by atoms with Gasteiger partial charge < -0.3 is 5.73 Å². The van der Waals surface area contributed by atoms with E-state index >= 15 is 0 Å². The highest BCUT2D eigenvalue weighted by Gasteiger charge is 2.17. The standard InChI is InChI=1S/C14H24N2O2S/c1-4-13-6-5-12(10-15)9-14(13)19(17,18)16-8-7-11(2)3/h5-6,9,11,16H,4,7-8,10,15H2,1-3H3. The summed E-state index contributed by atoms with van der Waals surface area (Å²) in [4.78, 5) is 0.363. The van der Waals surface area contributed by atoms with Crippen LogP contribution in [-0.4, -0.2) is 15.0 Å². The average Bonchev–Trinajstić information content (AvgIpc) is 2.37. The quantitative estimate of drug-likeness (QED) is 0.804. The number of aryl methyl sites for hydroxylation is 1. The summed E-state index contributed by atoms with van der Waals surface area (Å²) < 4.78 is 27.3. The number of nitrogens with one attached hydrogen (secondary N) is 1. The molecule has 0 aromatic heterocycles. The number of hydrogen-bond acceptors (Lipinski definition) is 3. The molecule has 0 amide bonds. The molecule has 3 N–H and O–H groups in total. The number of nitrogens with two attached hydrogens (primary N) is 1. The van der Waals surface area contributed by atoms with Crippen molar-refractivity contribution in [2.75, 3.05) is 6.54 Å². The lowest BCUT2D eigenvalue weighted by atomic mass is 10.1. The number of hydrogen-bond donors (Lipinski definition) is 2. The first-order valence-electron chi connectivity index (χ1n) is 6.72. The molecule has 1 rings (SSSR count). The van der Waals surface area contributed by atoms with Crippen molar-refractivity contribution in [2.45, 2.75) is 45.1 Å². The van der Waals surface area contributed by atoms with Gasteiger partial charge in [0.15, 0.2) is 0 Å². The molecule has 0 saturated heterocycles. The Kier molecular flexibility index (Phi) is 5.97. The van der Waals surface area contributed by atoms with E-state index in [-0.39, 0.29) is 0 Å². The van der Waals surface area contributed by atoms with Crippen molar-refractivity contribution in [3.63, 3.8) is 0 Å². The minimum absolute atomic E-state index is 0.346. The summed E-state index contributed by atoms with van der Waals surface area (Å²) >= 11 is 0. The summed E-state index contributed by atoms with van der Waals surface area (Å²) in [5.74, 6) is 0.476. The average molecular weight is 284 g/mol. The maximum Gasteiger partial charge on any atom is 0.240 e. The minimum Gasteiger partial charge on any atom is -0.326 e. The van der Waals surface area contributed by atoms with Crippen molar-refractivity contribution in [1.29, 1.82) is 0 Å². The maximum atomic E-state index is 12.3. The van der Waals surface area contributed by atoms with Crippen LogP contribution >= 0.6 is 0 Å². The van der Waals surface area contributed by atoms with E-state index in [1.165, 1.54) is 0 Å². The summed E-state index contributed by atoms with van der Waals surface area (Å²) in [5.41, 5.74) is 7.24. The van der Waals surface area contributed by atoms with Gasteiger partial charge in [0.05, 0.1) is 4.90 Å². The molecule has 4 nitrogen and oxygen atoms in total. The predicted molar refractivity (Wildman–Crippen MR) is 78.4 cm³/mol. The molecule has 0 unspecified atom stereocenters. The Morgan fingerprint density at radius 2 is 2.00 bits per heavy atom. The Bertz CT molecular complexity index is 510. The van der Waals surface area contributed by atoms with Crippen molar-refractivity contribution in [2.24, 2.45) is 11.7 Å². The highest BCUT2D eigenvalue weighted by atomic mass is 32.2. The SMILES string of the molecule is CCc1ccc(CN)cc1S(=O)(=O)NCCC(C)C. The second-order valence-corrected chi connectivity index (χ2v) is 6.82. The van der Waals surface area contributed by atoms with E-state index in [4.69, 9.17) is 5.73 Å². The summed E-state index contributed by atoms with van der Waals surface area (Å²) in [5, 5.41) is 0. The fourth-order valence-electron chi connectivity index (χ4n) is 1.83. The Hall–Kier alpha value is -0.910. The molecule has 0 atom stereocenters. The highest BCUT2D eigenvalue weighted by molar-refractivity contribution is 7.89. The topological polar surface area (TPSA) is 72.2 Å². The predicted octanol–water partition coefficient (Wildman–Crippen LogP) is 2.03. The molecule has 1 aromatic carbocycles. The van der Waals surface area contributed by atoms with Crippen LogP contribution in [0.15, 0.2) is 23.1 Å². The third-order valence-electron chi connectivity index (χ3n) is 3.05. The van der Waals surface area contributed by atoms with Gasteiger partial charge in [-0.05, 0) is 36.0 Å². The van der Waals surface area contributed by atoms with Crippen LogP contribution in [0, 0.1) is 5.92 Å². The van der Waals surface area contributed by atoms with Gasteiger partial charge in [0.2, 0.25) is 10.0 Å².